The quantitative estimate of drug-likeness (QED) is 0.526. The van der Waals surface area contributed by atoms with Gasteiger partial charge in [0.1, 0.15) is 0 Å². The van der Waals surface area contributed by atoms with Crippen molar-refractivity contribution in [2.24, 2.45) is 0 Å². The monoisotopic (exact) mass is 152 g/mol. The maximum atomic E-state index is 11.2. The number of Topliss-reactive ketones (excluding diaryl/α,β-unsaturated/α-hetero) is 1. The minimum atomic E-state index is 0.0625. The van der Waals surface area contributed by atoms with E-state index in [2.05, 4.69) is 15.5 Å². The van der Waals surface area contributed by atoms with Gasteiger partial charge in [0, 0.05) is 13.0 Å². The fraction of sp³-hybridized carbons (Fsp3) is 0.667. The van der Waals surface area contributed by atoms with E-state index in [0.29, 0.717) is 12.2 Å². The summed E-state index contributed by atoms with van der Waals surface area (Å²) in [5.74, 6) is 0.481. The summed E-state index contributed by atoms with van der Waals surface area (Å²) >= 11 is 0. The van der Waals surface area contributed by atoms with Gasteiger partial charge in [0.25, 0.3) is 0 Å². The van der Waals surface area contributed by atoms with E-state index in [1.165, 1.54) is 0 Å². The molecule has 11 heavy (non-hydrogen) atoms. The molecule has 0 amide bonds. The first-order chi connectivity index (χ1) is 5.38. The fourth-order valence-corrected chi connectivity index (χ4v) is 1.21. The summed E-state index contributed by atoms with van der Waals surface area (Å²) in [7, 11) is 0. The van der Waals surface area contributed by atoms with E-state index in [9.17, 15) is 4.79 Å². The van der Waals surface area contributed by atoms with E-state index >= 15 is 0 Å². The highest BCUT2D eigenvalue weighted by Gasteiger charge is 2.17. The molecule has 0 saturated carbocycles. The van der Waals surface area contributed by atoms with Crippen LogP contribution in [0.1, 0.15) is 29.9 Å². The van der Waals surface area contributed by atoms with Crippen molar-refractivity contribution in [3.8, 4) is 0 Å². The average molecular weight is 152 g/mol. The lowest BCUT2D eigenvalue weighted by molar-refractivity contribution is 0.0971. The molecule has 0 aliphatic carbocycles. The number of aromatic nitrogens is 4. The molecule has 1 aromatic rings. The Labute approximate surface area is 63.4 Å². The standard InChI is InChI=1S/C6H8N4O/c11-5-3-1-2-4-10-6(5)7-8-9-10/h1-4H2. The Morgan fingerprint density at radius 1 is 1.36 bits per heavy atom. The molecule has 0 atom stereocenters. The van der Waals surface area contributed by atoms with Gasteiger partial charge in [-0.15, -0.1) is 5.10 Å². The molecule has 0 saturated heterocycles. The molecule has 2 heterocycles. The van der Waals surface area contributed by atoms with Crippen LogP contribution in [0.25, 0.3) is 0 Å². The van der Waals surface area contributed by atoms with Gasteiger partial charge < -0.3 is 0 Å². The van der Waals surface area contributed by atoms with Gasteiger partial charge in [-0.25, -0.2) is 4.68 Å². The Hall–Kier alpha value is -1.26. The number of carbonyl (C=O) groups is 1. The van der Waals surface area contributed by atoms with Gasteiger partial charge in [0.15, 0.2) is 0 Å². The molecule has 1 aliphatic rings. The molecule has 0 fully saturated rings. The molecule has 58 valence electrons. The van der Waals surface area contributed by atoms with E-state index in [-0.39, 0.29) is 5.78 Å². The lowest BCUT2D eigenvalue weighted by Gasteiger charge is -1.93. The van der Waals surface area contributed by atoms with Gasteiger partial charge in [-0.3, -0.25) is 4.79 Å². The maximum absolute atomic E-state index is 11.2. The molecule has 0 N–H and O–H groups in total. The Morgan fingerprint density at radius 3 is 3.18 bits per heavy atom. The second-order valence-corrected chi connectivity index (χ2v) is 2.61. The first-order valence-corrected chi connectivity index (χ1v) is 3.67. The van der Waals surface area contributed by atoms with Crippen molar-refractivity contribution in [2.75, 3.05) is 0 Å². The first kappa shape index (κ1) is 6.45. The third kappa shape index (κ3) is 1.02. The van der Waals surface area contributed by atoms with E-state index < -0.39 is 0 Å². The summed E-state index contributed by atoms with van der Waals surface area (Å²) in [6.45, 7) is 0.772. The average Bonchev–Trinajstić information content (AvgIpc) is 2.40. The second-order valence-electron chi connectivity index (χ2n) is 2.61. The smallest absolute Gasteiger partial charge is 0.218 e. The van der Waals surface area contributed by atoms with Gasteiger partial charge in [-0.1, -0.05) is 0 Å². The summed E-state index contributed by atoms with van der Waals surface area (Å²) in [6.07, 6.45) is 2.51. The first-order valence-electron chi connectivity index (χ1n) is 3.67. The van der Waals surface area contributed by atoms with Crippen LogP contribution < -0.4 is 0 Å². The van der Waals surface area contributed by atoms with Crippen molar-refractivity contribution in [1.82, 2.24) is 20.2 Å². The number of aryl methyl sites for hydroxylation is 1. The van der Waals surface area contributed by atoms with Crippen LogP contribution in [0, 0.1) is 0 Å². The van der Waals surface area contributed by atoms with E-state index in [4.69, 9.17) is 0 Å². The van der Waals surface area contributed by atoms with Gasteiger partial charge >= 0.3 is 0 Å². The molecule has 2 rings (SSSR count). The topological polar surface area (TPSA) is 60.7 Å². The van der Waals surface area contributed by atoms with Crippen LogP contribution in [0.3, 0.4) is 0 Å². The summed E-state index contributed by atoms with van der Waals surface area (Å²) in [5.41, 5.74) is 0. The number of ketones is 1. The Kier molecular flexibility index (Phi) is 1.41. The predicted octanol–water partition coefficient (Wildman–Crippen LogP) is 0.0397. The molecule has 5 heteroatoms. The van der Waals surface area contributed by atoms with Crippen molar-refractivity contribution < 1.29 is 4.79 Å². The lowest BCUT2D eigenvalue weighted by atomic mass is 10.2. The molecule has 0 radical (unpaired) electrons. The molecular formula is C6H8N4O. The minimum absolute atomic E-state index is 0.0625. The van der Waals surface area contributed by atoms with Crippen LogP contribution >= 0.6 is 0 Å². The number of hydrogen-bond donors (Lipinski definition) is 0. The Morgan fingerprint density at radius 2 is 2.27 bits per heavy atom. The van der Waals surface area contributed by atoms with Crippen LogP contribution in [0.4, 0.5) is 0 Å². The zero-order chi connectivity index (χ0) is 7.68. The third-order valence-corrected chi connectivity index (χ3v) is 1.81. The van der Waals surface area contributed by atoms with E-state index in [1.54, 1.807) is 4.68 Å². The highest BCUT2D eigenvalue weighted by atomic mass is 16.1. The summed E-state index contributed by atoms with van der Waals surface area (Å²) in [4.78, 5) is 11.2. The van der Waals surface area contributed by atoms with Crippen molar-refractivity contribution >= 4 is 5.78 Å². The number of carbonyl (C=O) groups excluding carboxylic acids is 1. The second kappa shape index (κ2) is 2.41. The van der Waals surface area contributed by atoms with Crippen molar-refractivity contribution in [3.05, 3.63) is 5.82 Å². The van der Waals surface area contributed by atoms with Crippen LogP contribution in [0.2, 0.25) is 0 Å². The van der Waals surface area contributed by atoms with E-state index in [1.807, 2.05) is 0 Å². The summed E-state index contributed by atoms with van der Waals surface area (Å²) < 4.78 is 1.58. The van der Waals surface area contributed by atoms with Crippen molar-refractivity contribution in [1.29, 1.82) is 0 Å². The fourth-order valence-electron chi connectivity index (χ4n) is 1.21. The van der Waals surface area contributed by atoms with Crippen molar-refractivity contribution in [2.45, 2.75) is 25.8 Å². The Bertz CT molecular complexity index is 280. The van der Waals surface area contributed by atoms with Crippen LogP contribution in [0.15, 0.2) is 0 Å². The van der Waals surface area contributed by atoms with Crippen LogP contribution in [-0.2, 0) is 6.54 Å². The number of rotatable bonds is 0. The predicted molar refractivity (Wildman–Crippen MR) is 36.0 cm³/mol. The van der Waals surface area contributed by atoms with Gasteiger partial charge in [-0.05, 0) is 23.3 Å². The number of tetrazole rings is 1. The minimum Gasteiger partial charge on any atom is -0.291 e. The molecule has 0 spiro atoms. The lowest BCUT2D eigenvalue weighted by Crippen LogP contribution is -2.07. The zero-order valence-corrected chi connectivity index (χ0v) is 6.03. The van der Waals surface area contributed by atoms with Gasteiger partial charge in [0.05, 0.1) is 0 Å². The normalized spacial score (nSPS) is 17.6. The number of hydrogen-bond acceptors (Lipinski definition) is 4. The maximum Gasteiger partial charge on any atom is 0.218 e. The van der Waals surface area contributed by atoms with Gasteiger partial charge in [0.2, 0.25) is 11.6 Å². The zero-order valence-electron chi connectivity index (χ0n) is 6.03. The highest BCUT2D eigenvalue weighted by molar-refractivity contribution is 5.92. The molecule has 5 nitrogen and oxygen atoms in total. The van der Waals surface area contributed by atoms with Crippen LogP contribution in [0.5, 0.6) is 0 Å². The Balaban J connectivity index is 2.41. The van der Waals surface area contributed by atoms with E-state index in [0.717, 1.165) is 19.4 Å². The molecule has 0 aromatic carbocycles. The number of fused-ring (bicyclic) bond motifs is 1. The van der Waals surface area contributed by atoms with Crippen molar-refractivity contribution in [3.63, 3.8) is 0 Å². The molecular weight excluding hydrogens is 144 g/mol. The molecule has 0 bridgehead atoms. The summed E-state index contributed by atoms with van der Waals surface area (Å²) in [6, 6.07) is 0. The molecule has 1 aromatic heterocycles. The SMILES string of the molecule is O=C1CCCCn2nnnc21. The van der Waals surface area contributed by atoms with Gasteiger partial charge in [-0.2, -0.15) is 0 Å². The number of nitrogens with zero attached hydrogens (tertiary/aromatic N) is 4. The summed E-state index contributed by atoms with van der Waals surface area (Å²) in [5, 5.41) is 10.8. The molecule has 0 unspecified atom stereocenters. The van der Waals surface area contributed by atoms with Crippen LogP contribution in [-0.4, -0.2) is 26.0 Å². The molecule has 1 aliphatic heterocycles. The largest absolute Gasteiger partial charge is 0.291 e. The highest BCUT2D eigenvalue weighted by Crippen LogP contribution is 2.09. The third-order valence-electron chi connectivity index (χ3n) is 1.81.